The van der Waals surface area contributed by atoms with Crippen molar-refractivity contribution in [1.29, 1.82) is 0 Å². The van der Waals surface area contributed by atoms with Gasteiger partial charge in [-0.05, 0) is 42.5 Å². The molecule has 4 heteroatoms. The summed E-state index contributed by atoms with van der Waals surface area (Å²) < 4.78 is 6.73. The van der Waals surface area contributed by atoms with Crippen molar-refractivity contribution < 1.29 is 4.74 Å². The highest BCUT2D eigenvalue weighted by Crippen LogP contribution is 2.40. The average Bonchev–Trinajstić information content (AvgIpc) is 3.10. The van der Waals surface area contributed by atoms with Crippen LogP contribution in [-0.4, -0.2) is 19.3 Å². The molecule has 0 aromatic heterocycles. The highest BCUT2D eigenvalue weighted by atomic mass is 79.9. The van der Waals surface area contributed by atoms with E-state index in [0.29, 0.717) is 12.0 Å². The molecule has 0 bridgehead atoms. The molecule has 1 saturated carbocycles. The Kier molecular flexibility index (Phi) is 3.94. The van der Waals surface area contributed by atoms with Gasteiger partial charge in [0, 0.05) is 28.0 Å². The van der Waals surface area contributed by atoms with E-state index in [-0.39, 0.29) is 0 Å². The van der Waals surface area contributed by atoms with Crippen molar-refractivity contribution in [2.45, 2.75) is 25.4 Å². The first kappa shape index (κ1) is 12.9. The van der Waals surface area contributed by atoms with Crippen LogP contribution >= 0.6 is 27.5 Å². The second-order valence-electron chi connectivity index (χ2n) is 5.26. The van der Waals surface area contributed by atoms with Gasteiger partial charge < -0.3 is 10.1 Å². The van der Waals surface area contributed by atoms with Crippen LogP contribution in [0.3, 0.4) is 0 Å². The fraction of sp³-hybridized carbons (Fsp3) is 0.571. The Hall–Kier alpha value is -0.0900. The predicted octanol–water partition coefficient (Wildman–Crippen LogP) is 3.62. The third-order valence-corrected chi connectivity index (χ3v) is 4.92. The minimum absolute atomic E-state index is 0.503. The Morgan fingerprint density at radius 1 is 1.33 bits per heavy atom. The van der Waals surface area contributed by atoms with Gasteiger partial charge in [0.1, 0.15) is 0 Å². The second kappa shape index (κ2) is 5.49. The van der Waals surface area contributed by atoms with E-state index < -0.39 is 0 Å². The maximum Gasteiger partial charge on any atom is 0.0623 e. The molecule has 2 aliphatic rings. The first-order chi connectivity index (χ1) is 8.74. The SMILES string of the molecule is Clc1ccc(Br)c(CNC2COCC2C2CC2)c1. The number of rotatable bonds is 4. The lowest BCUT2D eigenvalue weighted by atomic mass is 9.98. The van der Waals surface area contributed by atoms with Gasteiger partial charge in [-0.15, -0.1) is 0 Å². The van der Waals surface area contributed by atoms with E-state index in [0.717, 1.165) is 35.2 Å². The number of halogens is 2. The van der Waals surface area contributed by atoms with Crippen molar-refractivity contribution >= 4 is 27.5 Å². The molecule has 1 aromatic carbocycles. The lowest BCUT2D eigenvalue weighted by Crippen LogP contribution is -2.36. The van der Waals surface area contributed by atoms with Crippen LogP contribution in [0.5, 0.6) is 0 Å². The summed E-state index contributed by atoms with van der Waals surface area (Å²) in [6, 6.07) is 6.42. The van der Waals surface area contributed by atoms with Gasteiger partial charge in [0.15, 0.2) is 0 Å². The zero-order valence-corrected chi connectivity index (χ0v) is 12.5. The molecule has 1 aliphatic heterocycles. The topological polar surface area (TPSA) is 21.3 Å². The lowest BCUT2D eigenvalue weighted by molar-refractivity contribution is 0.180. The maximum atomic E-state index is 6.03. The van der Waals surface area contributed by atoms with Gasteiger partial charge in [-0.25, -0.2) is 0 Å². The third kappa shape index (κ3) is 2.90. The van der Waals surface area contributed by atoms with Crippen LogP contribution in [0.25, 0.3) is 0 Å². The molecular weight excluding hydrogens is 314 g/mol. The zero-order valence-electron chi connectivity index (χ0n) is 10.2. The van der Waals surface area contributed by atoms with Gasteiger partial charge in [0.05, 0.1) is 13.2 Å². The Morgan fingerprint density at radius 2 is 2.17 bits per heavy atom. The zero-order chi connectivity index (χ0) is 12.5. The Bertz CT molecular complexity index is 436. The number of ether oxygens (including phenoxy) is 1. The van der Waals surface area contributed by atoms with Gasteiger partial charge in [0.25, 0.3) is 0 Å². The highest BCUT2D eigenvalue weighted by Gasteiger charge is 2.39. The molecule has 2 nitrogen and oxygen atoms in total. The van der Waals surface area contributed by atoms with Crippen molar-refractivity contribution in [2.24, 2.45) is 11.8 Å². The summed E-state index contributed by atoms with van der Waals surface area (Å²) in [5.41, 5.74) is 1.21. The van der Waals surface area contributed by atoms with E-state index in [9.17, 15) is 0 Å². The summed E-state index contributed by atoms with van der Waals surface area (Å²) in [4.78, 5) is 0. The fourth-order valence-corrected chi connectivity index (χ4v) is 3.27. The summed E-state index contributed by atoms with van der Waals surface area (Å²) in [6.07, 6.45) is 2.76. The minimum atomic E-state index is 0.503. The second-order valence-corrected chi connectivity index (χ2v) is 6.55. The molecule has 1 saturated heterocycles. The molecule has 98 valence electrons. The summed E-state index contributed by atoms with van der Waals surface area (Å²) in [5.74, 6) is 1.61. The molecule has 1 heterocycles. The number of hydrogen-bond donors (Lipinski definition) is 1. The monoisotopic (exact) mass is 329 g/mol. The predicted molar refractivity (Wildman–Crippen MR) is 76.8 cm³/mol. The lowest BCUT2D eigenvalue weighted by Gasteiger charge is -2.19. The molecule has 2 atom stereocenters. The van der Waals surface area contributed by atoms with E-state index in [1.807, 2.05) is 18.2 Å². The third-order valence-electron chi connectivity index (χ3n) is 3.91. The molecule has 0 amide bonds. The molecule has 2 unspecified atom stereocenters. The molecular formula is C14H17BrClNO. The number of benzene rings is 1. The van der Waals surface area contributed by atoms with Crippen LogP contribution in [0.4, 0.5) is 0 Å². The Labute approximate surface area is 121 Å². The smallest absolute Gasteiger partial charge is 0.0623 e. The van der Waals surface area contributed by atoms with Gasteiger partial charge in [-0.2, -0.15) is 0 Å². The van der Waals surface area contributed by atoms with Crippen LogP contribution in [0, 0.1) is 11.8 Å². The fourth-order valence-electron chi connectivity index (χ4n) is 2.69. The number of nitrogens with one attached hydrogen (secondary N) is 1. The molecule has 1 aliphatic carbocycles. The number of hydrogen-bond acceptors (Lipinski definition) is 2. The van der Waals surface area contributed by atoms with Crippen molar-refractivity contribution in [3.63, 3.8) is 0 Å². The van der Waals surface area contributed by atoms with E-state index in [2.05, 4.69) is 21.2 Å². The van der Waals surface area contributed by atoms with Gasteiger partial charge in [0.2, 0.25) is 0 Å². The molecule has 18 heavy (non-hydrogen) atoms. The van der Waals surface area contributed by atoms with Crippen LogP contribution in [0.15, 0.2) is 22.7 Å². The van der Waals surface area contributed by atoms with E-state index in [4.69, 9.17) is 16.3 Å². The van der Waals surface area contributed by atoms with E-state index in [1.54, 1.807) is 0 Å². The average molecular weight is 331 g/mol. The largest absolute Gasteiger partial charge is 0.379 e. The van der Waals surface area contributed by atoms with Crippen molar-refractivity contribution in [3.8, 4) is 0 Å². The first-order valence-electron chi connectivity index (χ1n) is 6.49. The van der Waals surface area contributed by atoms with Crippen LogP contribution < -0.4 is 5.32 Å². The van der Waals surface area contributed by atoms with Crippen LogP contribution in [-0.2, 0) is 11.3 Å². The van der Waals surface area contributed by atoms with E-state index >= 15 is 0 Å². The normalized spacial score (nSPS) is 27.7. The van der Waals surface area contributed by atoms with Crippen molar-refractivity contribution in [3.05, 3.63) is 33.3 Å². The summed E-state index contributed by atoms with van der Waals surface area (Å²) in [7, 11) is 0. The first-order valence-corrected chi connectivity index (χ1v) is 7.66. The van der Waals surface area contributed by atoms with Crippen molar-refractivity contribution in [2.75, 3.05) is 13.2 Å². The quantitative estimate of drug-likeness (QED) is 0.910. The standard InChI is InChI=1S/C14H17BrClNO/c15-13-4-3-11(16)5-10(13)6-17-14-8-18-7-12(14)9-1-2-9/h3-5,9,12,14,17H,1-2,6-8H2. The molecule has 2 fully saturated rings. The summed E-state index contributed by atoms with van der Waals surface area (Å²) in [6.45, 7) is 2.62. The minimum Gasteiger partial charge on any atom is -0.379 e. The summed E-state index contributed by atoms with van der Waals surface area (Å²) >= 11 is 9.59. The van der Waals surface area contributed by atoms with Crippen LogP contribution in [0.1, 0.15) is 18.4 Å². The van der Waals surface area contributed by atoms with Gasteiger partial charge >= 0.3 is 0 Å². The van der Waals surface area contributed by atoms with Gasteiger partial charge in [-0.1, -0.05) is 27.5 Å². The summed E-state index contributed by atoms with van der Waals surface area (Å²) in [5, 5.41) is 4.41. The van der Waals surface area contributed by atoms with Gasteiger partial charge in [-0.3, -0.25) is 0 Å². The van der Waals surface area contributed by atoms with E-state index in [1.165, 1.54) is 18.4 Å². The Balaban J connectivity index is 1.61. The molecule has 1 N–H and O–H groups in total. The van der Waals surface area contributed by atoms with Crippen LogP contribution in [0.2, 0.25) is 5.02 Å². The molecule has 1 aromatic rings. The van der Waals surface area contributed by atoms with Crippen molar-refractivity contribution in [1.82, 2.24) is 5.32 Å². The molecule has 0 spiro atoms. The molecule has 3 rings (SSSR count). The Morgan fingerprint density at radius 3 is 2.94 bits per heavy atom. The maximum absolute atomic E-state index is 6.03. The molecule has 0 radical (unpaired) electrons. The highest BCUT2D eigenvalue weighted by molar-refractivity contribution is 9.10.